The number of hydrogen-bond acceptors (Lipinski definition) is 4. The van der Waals surface area contributed by atoms with Gasteiger partial charge in [-0.05, 0) is 104 Å². The van der Waals surface area contributed by atoms with E-state index in [1.807, 2.05) is 0 Å². The van der Waals surface area contributed by atoms with E-state index in [2.05, 4.69) is 49.1 Å². The molecule has 6 nitrogen and oxygen atoms in total. The molecule has 4 aliphatic rings. The predicted molar refractivity (Wildman–Crippen MR) is 157 cm³/mol. The summed E-state index contributed by atoms with van der Waals surface area (Å²) in [7, 11) is 0. The van der Waals surface area contributed by atoms with Crippen LogP contribution in [0, 0.1) is 46.3 Å². The van der Waals surface area contributed by atoms with Crippen LogP contribution in [0.25, 0.3) is 0 Å². The Kier molecular flexibility index (Phi) is 8.64. The molecule has 0 saturated heterocycles. The number of aliphatic hydroxyl groups is 1. The lowest BCUT2D eigenvalue weighted by Gasteiger charge is -2.58. The van der Waals surface area contributed by atoms with Gasteiger partial charge in [0.1, 0.15) is 0 Å². The zero-order chi connectivity index (χ0) is 27.8. The molecule has 5 rings (SSSR count). The number of nitrogens with one attached hydrogen (secondary N) is 2. The largest absolute Gasteiger partial charge is 0.393 e. The third kappa shape index (κ3) is 5.75. The highest BCUT2D eigenvalue weighted by Gasteiger charge is 2.59. The van der Waals surface area contributed by atoms with E-state index in [0.29, 0.717) is 29.7 Å². The molecule has 3 saturated carbocycles. The van der Waals surface area contributed by atoms with Gasteiger partial charge >= 0.3 is 0 Å². The fourth-order valence-corrected chi connectivity index (χ4v) is 9.83. The molecule has 5 N–H and O–H groups in total. The lowest BCUT2D eigenvalue weighted by Crippen LogP contribution is -2.50. The number of nitrogens with zero attached hydrogens (tertiary/aromatic N) is 1. The van der Waals surface area contributed by atoms with Crippen LogP contribution in [-0.4, -0.2) is 39.7 Å². The van der Waals surface area contributed by atoms with Crippen LogP contribution in [-0.2, 0) is 11.2 Å². The van der Waals surface area contributed by atoms with E-state index in [-0.39, 0.29) is 12.0 Å². The number of aromatic nitrogens is 2. The Bertz CT molecular complexity index is 1010. The van der Waals surface area contributed by atoms with Gasteiger partial charge in [-0.25, -0.2) is 4.98 Å². The second-order valence-electron chi connectivity index (χ2n) is 14.5. The number of amides is 1. The van der Waals surface area contributed by atoms with Crippen molar-refractivity contribution in [1.29, 1.82) is 0 Å². The molecule has 6 heteroatoms. The van der Waals surface area contributed by atoms with Crippen molar-refractivity contribution in [1.82, 2.24) is 15.3 Å². The van der Waals surface area contributed by atoms with Crippen LogP contribution in [0.4, 0.5) is 0 Å². The van der Waals surface area contributed by atoms with Crippen LogP contribution in [0.3, 0.4) is 0 Å². The number of fused-ring (bicyclic) bond motifs is 5. The van der Waals surface area contributed by atoms with Crippen molar-refractivity contribution >= 4 is 5.91 Å². The number of nitrogens with two attached hydrogens (primary N) is 1. The Morgan fingerprint density at radius 2 is 2.00 bits per heavy atom. The topological polar surface area (TPSA) is 104 Å². The van der Waals surface area contributed by atoms with Crippen molar-refractivity contribution < 1.29 is 9.90 Å². The number of hydrogen-bond donors (Lipinski definition) is 4. The second-order valence-corrected chi connectivity index (χ2v) is 14.5. The number of carbonyl (C=O) groups excluding carboxylic acids is 1. The smallest absolute Gasteiger partial charge is 0.237 e. The van der Waals surface area contributed by atoms with E-state index in [4.69, 9.17) is 5.73 Å². The average Bonchev–Trinajstić information content (AvgIpc) is 3.54. The van der Waals surface area contributed by atoms with Gasteiger partial charge in [0.2, 0.25) is 5.91 Å². The standard InChI is InChI=1S/C33H54N4O2/c1-21(18-36-31(39)30(34)17-24-19-35-20-37-24)6-5-7-22(2)27-10-11-28-26-9-8-23-16-25(38)12-14-32(23,3)29(26)13-15-33(27,28)4/h8,19-22,25-30,38H,5-7,9-18,34H2,1-4H3,(H,35,37)(H,36,39)/t21?,22-,25+,26+,27-,28+,29+,30+,32+,33-/m1/s1. The highest BCUT2D eigenvalue weighted by atomic mass is 16.3. The van der Waals surface area contributed by atoms with Crippen molar-refractivity contribution in [3.8, 4) is 0 Å². The van der Waals surface area contributed by atoms with Gasteiger partial charge in [0.25, 0.3) is 0 Å². The summed E-state index contributed by atoms with van der Waals surface area (Å²) in [6, 6.07) is -0.551. The number of aliphatic hydroxyl groups excluding tert-OH is 1. The molecule has 0 aromatic carbocycles. The summed E-state index contributed by atoms with van der Waals surface area (Å²) in [6.45, 7) is 10.6. The molecule has 3 fully saturated rings. The van der Waals surface area contributed by atoms with Crippen molar-refractivity contribution in [2.75, 3.05) is 6.54 Å². The number of allylic oxidation sites excluding steroid dienone is 1. The van der Waals surface area contributed by atoms with Gasteiger partial charge in [-0.2, -0.15) is 0 Å². The first kappa shape index (κ1) is 28.9. The molecule has 1 unspecified atom stereocenters. The van der Waals surface area contributed by atoms with E-state index in [1.165, 1.54) is 51.4 Å². The maximum absolute atomic E-state index is 12.4. The second kappa shape index (κ2) is 11.7. The van der Waals surface area contributed by atoms with Gasteiger partial charge in [0.15, 0.2) is 0 Å². The van der Waals surface area contributed by atoms with Gasteiger partial charge in [0.05, 0.1) is 24.2 Å². The summed E-state index contributed by atoms with van der Waals surface area (Å²) in [5, 5.41) is 13.4. The predicted octanol–water partition coefficient (Wildman–Crippen LogP) is 5.78. The highest BCUT2D eigenvalue weighted by Crippen LogP contribution is 2.67. The summed E-state index contributed by atoms with van der Waals surface area (Å²) in [5.41, 5.74) is 9.30. The van der Waals surface area contributed by atoms with Crippen LogP contribution in [0.1, 0.15) is 104 Å². The van der Waals surface area contributed by atoms with Gasteiger partial charge in [-0.15, -0.1) is 0 Å². The maximum atomic E-state index is 12.4. The van der Waals surface area contributed by atoms with E-state index in [9.17, 15) is 9.90 Å². The Labute approximate surface area is 236 Å². The molecule has 0 aliphatic heterocycles. The van der Waals surface area contributed by atoms with E-state index in [1.54, 1.807) is 18.1 Å². The lowest BCUT2D eigenvalue weighted by atomic mass is 9.47. The SMILES string of the molecule is CC(CCC[C@@H](C)[C@H]1CC[C@H]2[C@@H]3CC=C4C[C@@H](O)CC[C@]4(C)[C@H]3CC[C@]12C)CNC(=O)[C@@H](N)Cc1c[nH]cn1. The Balaban J connectivity index is 1.08. The summed E-state index contributed by atoms with van der Waals surface area (Å²) in [4.78, 5) is 19.5. The Morgan fingerprint density at radius 3 is 2.77 bits per heavy atom. The monoisotopic (exact) mass is 538 g/mol. The Hall–Kier alpha value is -1.66. The van der Waals surface area contributed by atoms with Crippen molar-refractivity contribution in [3.63, 3.8) is 0 Å². The third-order valence-electron chi connectivity index (χ3n) is 12.1. The highest BCUT2D eigenvalue weighted by molar-refractivity contribution is 5.81. The normalized spacial score (nSPS) is 38.1. The minimum absolute atomic E-state index is 0.0818. The minimum Gasteiger partial charge on any atom is -0.393 e. The first-order valence-electron chi connectivity index (χ1n) is 16.0. The molecular weight excluding hydrogens is 484 g/mol. The summed E-state index contributed by atoms with van der Waals surface area (Å²) < 4.78 is 0. The zero-order valence-electron chi connectivity index (χ0n) is 24.9. The molecule has 0 radical (unpaired) electrons. The Morgan fingerprint density at radius 1 is 1.18 bits per heavy atom. The number of H-pyrrole nitrogens is 1. The van der Waals surface area contributed by atoms with Crippen LogP contribution in [0.2, 0.25) is 0 Å². The molecule has 0 spiro atoms. The van der Waals surface area contributed by atoms with E-state index >= 15 is 0 Å². The molecule has 1 heterocycles. The van der Waals surface area contributed by atoms with Crippen LogP contribution in [0.5, 0.6) is 0 Å². The molecular formula is C33H54N4O2. The van der Waals surface area contributed by atoms with Crippen molar-refractivity contribution in [2.45, 2.75) is 117 Å². The first-order chi connectivity index (χ1) is 18.6. The van der Waals surface area contributed by atoms with Crippen LogP contribution >= 0.6 is 0 Å². The molecule has 4 aliphatic carbocycles. The van der Waals surface area contributed by atoms with E-state index < -0.39 is 6.04 Å². The van der Waals surface area contributed by atoms with E-state index in [0.717, 1.165) is 54.5 Å². The van der Waals surface area contributed by atoms with Gasteiger partial charge in [0, 0.05) is 19.2 Å². The fourth-order valence-electron chi connectivity index (χ4n) is 9.83. The van der Waals surface area contributed by atoms with Crippen molar-refractivity contribution in [3.05, 3.63) is 29.9 Å². The quantitative estimate of drug-likeness (QED) is 0.284. The van der Waals surface area contributed by atoms with Crippen molar-refractivity contribution in [2.24, 2.45) is 52.1 Å². The molecule has 10 atom stereocenters. The summed E-state index contributed by atoms with van der Waals surface area (Å²) in [6.07, 6.45) is 19.9. The number of carbonyl (C=O) groups is 1. The van der Waals surface area contributed by atoms with Gasteiger partial charge in [-0.3, -0.25) is 4.79 Å². The lowest BCUT2D eigenvalue weighted by molar-refractivity contribution is -0.122. The zero-order valence-corrected chi connectivity index (χ0v) is 24.9. The number of rotatable bonds is 10. The van der Waals surface area contributed by atoms with Crippen LogP contribution in [0.15, 0.2) is 24.2 Å². The molecule has 1 aromatic rings. The van der Waals surface area contributed by atoms with Gasteiger partial charge < -0.3 is 21.1 Å². The summed E-state index contributed by atoms with van der Waals surface area (Å²) in [5.74, 6) is 4.50. The molecule has 1 amide bonds. The number of aromatic amines is 1. The molecule has 218 valence electrons. The number of imidazole rings is 1. The molecule has 1 aromatic heterocycles. The van der Waals surface area contributed by atoms with Gasteiger partial charge in [-0.1, -0.05) is 52.2 Å². The average molecular weight is 539 g/mol. The van der Waals surface area contributed by atoms with Crippen LogP contribution < -0.4 is 11.1 Å². The summed E-state index contributed by atoms with van der Waals surface area (Å²) >= 11 is 0. The minimum atomic E-state index is -0.551. The maximum Gasteiger partial charge on any atom is 0.237 e. The molecule has 0 bridgehead atoms. The third-order valence-corrected chi connectivity index (χ3v) is 12.1. The fraction of sp³-hybridized carbons (Fsp3) is 0.818. The molecule has 39 heavy (non-hydrogen) atoms. The first-order valence-corrected chi connectivity index (χ1v) is 16.0.